The predicted octanol–water partition coefficient (Wildman–Crippen LogP) is 1.16. The van der Waals surface area contributed by atoms with Crippen molar-refractivity contribution in [1.82, 2.24) is 4.90 Å². The Kier molecular flexibility index (Phi) is 3.29. The smallest absolute Gasteiger partial charge is 0.270 e. The lowest BCUT2D eigenvalue weighted by molar-refractivity contribution is -0.384. The average Bonchev–Trinajstić information content (AvgIpc) is 2.69. The van der Waals surface area contributed by atoms with Gasteiger partial charge in [0, 0.05) is 36.3 Å². The third-order valence-electron chi connectivity index (χ3n) is 3.38. The van der Waals surface area contributed by atoms with Crippen LogP contribution in [0.3, 0.4) is 0 Å². The lowest BCUT2D eigenvalue weighted by Gasteiger charge is -2.23. The van der Waals surface area contributed by atoms with Crippen LogP contribution in [0.15, 0.2) is 24.3 Å². The van der Waals surface area contributed by atoms with Crippen LogP contribution in [0.4, 0.5) is 5.69 Å². The first kappa shape index (κ1) is 12.5. The topological polar surface area (TPSA) is 89.5 Å². The summed E-state index contributed by atoms with van der Waals surface area (Å²) in [6.07, 6.45) is 0.766. The number of benzene rings is 1. The minimum Gasteiger partial charge on any atom is -0.334 e. The van der Waals surface area contributed by atoms with E-state index in [9.17, 15) is 14.9 Å². The number of hydrogen-bond donors (Lipinski definition) is 1. The second kappa shape index (κ2) is 4.73. The van der Waals surface area contributed by atoms with Crippen LogP contribution in [0, 0.1) is 10.1 Å². The van der Waals surface area contributed by atoms with Gasteiger partial charge < -0.3 is 10.6 Å². The summed E-state index contributed by atoms with van der Waals surface area (Å²) >= 11 is 0. The molecule has 96 valence electrons. The normalized spacial score (nSPS) is 23.1. The van der Waals surface area contributed by atoms with E-state index in [2.05, 4.69) is 0 Å². The van der Waals surface area contributed by atoms with Crippen LogP contribution in [0.5, 0.6) is 0 Å². The second-order valence-corrected chi connectivity index (χ2v) is 4.50. The molecular formula is C12H15N3O3. The molecule has 1 aliphatic heterocycles. The van der Waals surface area contributed by atoms with E-state index in [4.69, 9.17) is 5.73 Å². The van der Waals surface area contributed by atoms with Crippen molar-refractivity contribution >= 4 is 11.6 Å². The van der Waals surface area contributed by atoms with E-state index in [-0.39, 0.29) is 23.7 Å². The van der Waals surface area contributed by atoms with Crippen molar-refractivity contribution in [3.05, 3.63) is 39.9 Å². The van der Waals surface area contributed by atoms with Gasteiger partial charge in [-0.2, -0.15) is 0 Å². The Hall–Kier alpha value is -1.95. The van der Waals surface area contributed by atoms with E-state index in [1.807, 2.05) is 6.92 Å². The molecule has 0 bridgehead atoms. The van der Waals surface area contributed by atoms with Crippen LogP contribution in [0.2, 0.25) is 0 Å². The predicted molar refractivity (Wildman–Crippen MR) is 66.2 cm³/mol. The summed E-state index contributed by atoms with van der Waals surface area (Å²) in [5.41, 5.74) is 6.13. The average molecular weight is 249 g/mol. The molecule has 0 spiro atoms. The van der Waals surface area contributed by atoms with Gasteiger partial charge in [-0.3, -0.25) is 14.9 Å². The summed E-state index contributed by atoms with van der Waals surface area (Å²) in [4.78, 5) is 24.1. The van der Waals surface area contributed by atoms with E-state index in [1.165, 1.54) is 18.2 Å². The maximum absolute atomic E-state index is 12.2. The fraction of sp³-hybridized carbons (Fsp3) is 0.417. The van der Waals surface area contributed by atoms with Crippen molar-refractivity contribution in [2.24, 2.45) is 5.73 Å². The van der Waals surface area contributed by atoms with Gasteiger partial charge in [-0.05, 0) is 19.4 Å². The third kappa shape index (κ3) is 2.19. The molecular weight excluding hydrogens is 234 g/mol. The highest BCUT2D eigenvalue weighted by atomic mass is 16.6. The number of nitrogens with zero attached hydrogens (tertiary/aromatic N) is 2. The molecule has 6 nitrogen and oxygen atoms in total. The van der Waals surface area contributed by atoms with Crippen molar-refractivity contribution in [2.75, 3.05) is 6.54 Å². The molecule has 1 aliphatic rings. The molecule has 0 aliphatic carbocycles. The first-order chi connectivity index (χ1) is 8.50. The van der Waals surface area contributed by atoms with Gasteiger partial charge in [-0.1, -0.05) is 6.07 Å². The number of nitro groups is 1. The van der Waals surface area contributed by atoms with E-state index in [0.717, 1.165) is 6.42 Å². The van der Waals surface area contributed by atoms with Crippen molar-refractivity contribution in [1.29, 1.82) is 0 Å². The molecule has 1 heterocycles. The Morgan fingerprint density at radius 1 is 1.56 bits per heavy atom. The summed E-state index contributed by atoms with van der Waals surface area (Å²) in [5, 5.41) is 10.7. The van der Waals surface area contributed by atoms with Crippen LogP contribution in [0.25, 0.3) is 0 Å². The molecule has 2 unspecified atom stereocenters. The summed E-state index contributed by atoms with van der Waals surface area (Å²) in [6, 6.07) is 5.73. The molecule has 1 fully saturated rings. The monoisotopic (exact) mass is 249 g/mol. The van der Waals surface area contributed by atoms with Crippen LogP contribution in [0.1, 0.15) is 23.7 Å². The first-order valence-corrected chi connectivity index (χ1v) is 5.81. The fourth-order valence-electron chi connectivity index (χ4n) is 2.17. The quantitative estimate of drug-likeness (QED) is 0.629. The lowest BCUT2D eigenvalue weighted by atomic mass is 10.1. The van der Waals surface area contributed by atoms with Crippen LogP contribution in [-0.2, 0) is 0 Å². The lowest BCUT2D eigenvalue weighted by Crippen LogP contribution is -2.40. The zero-order valence-electron chi connectivity index (χ0n) is 10.1. The Morgan fingerprint density at radius 3 is 2.83 bits per heavy atom. The van der Waals surface area contributed by atoms with Gasteiger partial charge in [0.25, 0.3) is 11.6 Å². The first-order valence-electron chi connectivity index (χ1n) is 5.81. The molecule has 2 rings (SSSR count). The van der Waals surface area contributed by atoms with Crippen molar-refractivity contribution in [3.8, 4) is 0 Å². The number of non-ortho nitro benzene ring substituents is 1. The maximum Gasteiger partial charge on any atom is 0.270 e. The van der Waals surface area contributed by atoms with Crippen LogP contribution >= 0.6 is 0 Å². The van der Waals surface area contributed by atoms with Crippen LogP contribution < -0.4 is 5.73 Å². The van der Waals surface area contributed by atoms with Gasteiger partial charge in [0.05, 0.1) is 4.92 Å². The number of carbonyl (C=O) groups is 1. The van der Waals surface area contributed by atoms with Gasteiger partial charge in [0.2, 0.25) is 0 Å². The standard InChI is InChI=1S/C12H15N3O3/c1-8-11(13)5-6-14(8)12(16)9-3-2-4-10(7-9)15(17)18/h2-4,7-8,11H,5-6,13H2,1H3. The minimum atomic E-state index is -0.504. The molecule has 18 heavy (non-hydrogen) atoms. The van der Waals surface area contributed by atoms with E-state index in [0.29, 0.717) is 12.1 Å². The summed E-state index contributed by atoms with van der Waals surface area (Å²) in [6.45, 7) is 2.50. The Labute approximate surface area is 105 Å². The number of hydrogen-bond acceptors (Lipinski definition) is 4. The number of rotatable bonds is 2. The zero-order chi connectivity index (χ0) is 13.3. The highest BCUT2D eigenvalue weighted by Gasteiger charge is 2.32. The molecule has 1 saturated heterocycles. The number of likely N-dealkylation sites (tertiary alicyclic amines) is 1. The van der Waals surface area contributed by atoms with Crippen molar-refractivity contribution in [3.63, 3.8) is 0 Å². The molecule has 2 atom stereocenters. The van der Waals surface area contributed by atoms with Gasteiger partial charge >= 0.3 is 0 Å². The molecule has 2 N–H and O–H groups in total. The van der Waals surface area contributed by atoms with Crippen molar-refractivity contribution < 1.29 is 9.72 Å². The summed E-state index contributed by atoms with van der Waals surface area (Å²) in [7, 11) is 0. The number of nitro benzene ring substituents is 1. The highest BCUT2D eigenvalue weighted by molar-refractivity contribution is 5.95. The Balaban J connectivity index is 2.24. The molecule has 0 aromatic heterocycles. The molecule has 1 aromatic rings. The number of nitrogens with two attached hydrogens (primary N) is 1. The molecule has 1 aromatic carbocycles. The van der Waals surface area contributed by atoms with E-state index < -0.39 is 4.92 Å². The van der Waals surface area contributed by atoms with E-state index in [1.54, 1.807) is 11.0 Å². The minimum absolute atomic E-state index is 0.0207. The fourth-order valence-corrected chi connectivity index (χ4v) is 2.17. The highest BCUT2D eigenvalue weighted by Crippen LogP contribution is 2.21. The van der Waals surface area contributed by atoms with Gasteiger partial charge in [-0.15, -0.1) is 0 Å². The van der Waals surface area contributed by atoms with Gasteiger partial charge in [0.1, 0.15) is 0 Å². The largest absolute Gasteiger partial charge is 0.334 e. The van der Waals surface area contributed by atoms with Gasteiger partial charge in [-0.25, -0.2) is 0 Å². The number of carbonyl (C=O) groups excluding carboxylic acids is 1. The Morgan fingerprint density at radius 2 is 2.28 bits per heavy atom. The molecule has 1 amide bonds. The molecule has 6 heteroatoms. The van der Waals surface area contributed by atoms with Gasteiger partial charge in [0.15, 0.2) is 0 Å². The third-order valence-corrected chi connectivity index (χ3v) is 3.38. The van der Waals surface area contributed by atoms with E-state index >= 15 is 0 Å². The van der Waals surface area contributed by atoms with Crippen molar-refractivity contribution in [2.45, 2.75) is 25.4 Å². The molecule has 0 radical (unpaired) electrons. The maximum atomic E-state index is 12.2. The number of amides is 1. The summed E-state index contributed by atoms with van der Waals surface area (Å²) in [5.74, 6) is -0.195. The summed E-state index contributed by atoms with van der Waals surface area (Å²) < 4.78 is 0. The zero-order valence-corrected chi connectivity index (χ0v) is 10.1. The van der Waals surface area contributed by atoms with Crippen LogP contribution in [-0.4, -0.2) is 34.4 Å². The SMILES string of the molecule is CC1C(N)CCN1C(=O)c1cccc([N+](=O)[O-])c1. The molecule has 0 saturated carbocycles. The second-order valence-electron chi connectivity index (χ2n) is 4.50. The Bertz CT molecular complexity index is 489.